The van der Waals surface area contributed by atoms with Crippen LogP contribution in [0.5, 0.6) is 0 Å². The summed E-state index contributed by atoms with van der Waals surface area (Å²) in [4.78, 5) is 25.6. The van der Waals surface area contributed by atoms with Crippen molar-refractivity contribution in [1.82, 2.24) is 15.0 Å². The molecule has 0 bridgehead atoms. The molecule has 0 radical (unpaired) electrons. The predicted octanol–water partition coefficient (Wildman–Crippen LogP) is 1.77. The highest BCUT2D eigenvalue weighted by Gasteiger charge is 2.25. The number of aliphatic carboxylic acids is 1. The van der Waals surface area contributed by atoms with Crippen molar-refractivity contribution in [1.29, 1.82) is 0 Å². The molecule has 20 heavy (non-hydrogen) atoms. The lowest BCUT2D eigenvalue weighted by Crippen LogP contribution is -2.32. The molecule has 3 rings (SSSR count). The second-order valence-corrected chi connectivity index (χ2v) is 6.08. The number of fused-ring (bicyclic) bond motifs is 3. The van der Waals surface area contributed by atoms with E-state index in [0.29, 0.717) is 16.6 Å². The Labute approximate surface area is 119 Å². The van der Waals surface area contributed by atoms with Crippen molar-refractivity contribution in [3.8, 4) is 0 Å². The third-order valence-corrected chi connectivity index (χ3v) is 4.95. The smallest absolute Gasteiger partial charge is 0.328 e. The molecular weight excluding hydrogens is 278 g/mol. The van der Waals surface area contributed by atoms with Crippen molar-refractivity contribution < 1.29 is 9.90 Å². The summed E-state index contributed by atoms with van der Waals surface area (Å²) in [6.45, 7) is 1.72. The molecule has 0 saturated heterocycles. The number of carboxylic acid groups (broad SMARTS) is 1. The van der Waals surface area contributed by atoms with Crippen molar-refractivity contribution in [2.75, 3.05) is 0 Å². The molecule has 0 saturated carbocycles. The van der Waals surface area contributed by atoms with Gasteiger partial charge in [-0.05, 0) is 37.7 Å². The molecule has 7 heteroatoms. The first-order chi connectivity index (χ1) is 9.63. The molecule has 1 unspecified atom stereocenters. The number of hydrogen-bond acceptors (Lipinski definition) is 5. The van der Waals surface area contributed by atoms with Crippen LogP contribution in [0.25, 0.3) is 10.2 Å². The van der Waals surface area contributed by atoms with E-state index in [9.17, 15) is 14.7 Å². The fourth-order valence-corrected chi connectivity index (χ4v) is 3.94. The van der Waals surface area contributed by atoms with Crippen LogP contribution in [0.4, 0.5) is 0 Å². The fourth-order valence-electron chi connectivity index (χ4n) is 2.74. The summed E-state index contributed by atoms with van der Waals surface area (Å²) in [6.07, 6.45) is 4.36. The van der Waals surface area contributed by atoms with Crippen LogP contribution in [0.15, 0.2) is 4.79 Å². The molecular formula is C13H15N3O3S. The van der Waals surface area contributed by atoms with E-state index in [1.807, 2.05) is 0 Å². The van der Waals surface area contributed by atoms with Crippen molar-refractivity contribution in [3.63, 3.8) is 0 Å². The van der Waals surface area contributed by atoms with Crippen LogP contribution in [-0.2, 0) is 17.6 Å². The summed E-state index contributed by atoms with van der Waals surface area (Å²) in [7, 11) is 0. The van der Waals surface area contributed by atoms with Crippen LogP contribution in [0.2, 0.25) is 0 Å². The number of carboxylic acids is 1. The Morgan fingerprint density at radius 2 is 2.20 bits per heavy atom. The minimum absolute atomic E-state index is 0.307. The number of hydrogen-bond donors (Lipinski definition) is 1. The molecule has 2 aromatic heterocycles. The lowest BCUT2D eigenvalue weighted by molar-refractivity contribution is -0.141. The third kappa shape index (κ3) is 1.93. The fraction of sp³-hybridized carbons (Fsp3) is 0.538. The van der Waals surface area contributed by atoms with Gasteiger partial charge in [-0.2, -0.15) is 4.68 Å². The summed E-state index contributed by atoms with van der Waals surface area (Å²) in [6, 6.07) is -0.946. The summed E-state index contributed by atoms with van der Waals surface area (Å²) in [5.41, 5.74) is 0.744. The van der Waals surface area contributed by atoms with E-state index in [4.69, 9.17) is 0 Å². The highest BCUT2D eigenvalue weighted by molar-refractivity contribution is 7.18. The van der Waals surface area contributed by atoms with Crippen molar-refractivity contribution in [2.24, 2.45) is 0 Å². The van der Waals surface area contributed by atoms with Crippen molar-refractivity contribution in [3.05, 3.63) is 20.8 Å². The number of rotatable bonds is 3. The second-order valence-electron chi connectivity index (χ2n) is 4.99. The first-order valence-electron chi connectivity index (χ1n) is 6.76. The zero-order valence-electron chi connectivity index (χ0n) is 11.1. The van der Waals surface area contributed by atoms with Crippen LogP contribution in [-0.4, -0.2) is 26.1 Å². The Bertz CT molecular complexity index is 734. The topological polar surface area (TPSA) is 85.1 Å². The van der Waals surface area contributed by atoms with E-state index in [1.54, 1.807) is 6.92 Å². The summed E-state index contributed by atoms with van der Waals surface area (Å²) in [5.74, 6) is -1.05. The van der Waals surface area contributed by atoms with E-state index in [1.165, 1.54) is 16.2 Å². The maximum atomic E-state index is 12.6. The molecule has 6 nitrogen and oxygen atoms in total. The first kappa shape index (κ1) is 13.2. The van der Waals surface area contributed by atoms with Gasteiger partial charge in [-0.1, -0.05) is 12.1 Å². The van der Waals surface area contributed by atoms with Gasteiger partial charge in [0.25, 0.3) is 5.56 Å². The molecule has 106 valence electrons. The Balaban J connectivity index is 2.24. The van der Waals surface area contributed by atoms with Crippen LogP contribution in [0, 0.1) is 0 Å². The minimum atomic E-state index is -1.05. The maximum Gasteiger partial charge on any atom is 0.328 e. The molecule has 0 aromatic carbocycles. The molecule has 1 atom stereocenters. The van der Waals surface area contributed by atoms with E-state index in [2.05, 4.69) is 10.3 Å². The zero-order chi connectivity index (χ0) is 14.3. The highest BCUT2D eigenvalue weighted by Crippen LogP contribution is 2.33. The summed E-state index contributed by atoms with van der Waals surface area (Å²) < 4.78 is 1.02. The van der Waals surface area contributed by atoms with Crippen molar-refractivity contribution >= 4 is 27.5 Å². The van der Waals surface area contributed by atoms with Gasteiger partial charge in [0.15, 0.2) is 10.9 Å². The minimum Gasteiger partial charge on any atom is -0.480 e. The molecule has 0 amide bonds. The van der Waals surface area contributed by atoms with Gasteiger partial charge >= 0.3 is 5.97 Å². The van der Waals surface area contributed by atoms with E-state index in [0.717, 1.165) is 35.9 Å². The number of aromatic nitrogens is 3. The summed E-state index contributed by atoms with van der Waals surface area (Å²) in [5, 5.41) is 17.7. The van der Waals surface area contributed by atoms with Crippen LogP contribution in [0.1, 0.15) is 42.7 Å². The predicted molar refractivity (Wildman–Crippen MR) is 75.3 cm³/mol. The standard InChI is InChI=1S/C13H15N3O3S/c1-2-8(13(18)19)16-12(17)10-7-5-3-4-6-9(7)20-11(10)14-15-16/h8H,2-6H2,1H3,(H,18,19). The summed E-state index contributed by atoms with van der Waals surface area (Å²) >= 11 is 1.52. The zero-order valence-corrected chi connectivity index (χ0v) is 11.9. The average molecular weight is 293 g/mol. The number of aryl methyl sites for hydroxylation is 2. The van der Waals surface area contributed by atoms with Gasteiger partial charge in [0.2, 0.25) is 0 Å². The normalized spacial score (nSPS) is 16.1. The van der Waals surface area contributed by atoms with E-state index in [-0.39, 0.29) is 5.56 Å². The molecule has 1 aliphatic rings. The first-order valence-corrected chi connectivity index (χ1v) is 7.57. The molecule has 0 fully saturated rings. The molecule has 2 aromatic rings. The Hall–Kier alpha value is -1.76. The van der Waals surface area contributed by atoms with Crippen LogP contribution < -0.4 is 5.56 Å². The number of carbonyl (C=O) groups is 1. The largest absolute Gasteiger partial charge is 0.480 e. The highest BCUT2D eigenvalue weighted by atomic mass is 32.1. The third-order valence-electron chi connectivity index (χ3n) is 3.77. The van der Waals surface area contributed by atoms with Gasteiger partial charge in [0.05, 0.1) is 5.39 Å². The molecule has 0 aliphatic heterocycles. The maximum absolute atomic E-state index is 12.6. The van der Waals surface area contributed by atoms with Crippen LogP contribution >= 0.6 is 11.3 Å². The second kappa shape index (κ2) is 4.97. The van der Waals surface area contributed by atoms with Gasteiger partial charge in [-0.3, -0.25) is 4.79 Å². The molecule has 2 heterocycles. The lowest BCUT2D eigenvalue weighted by atomic mass is 9.97. The quantitative estimate of drug-likeness (QED) is 0.932. The van der Waals surface area contributed by atoms with Gasteiger partial charge in [-0.25, -0.2) is 4.79 Å². The number of thiophene rings is 1. The van der Waals surface area contributed by atoms with Gasteiger partial charge < -0.3 is 5.11 Å². The van der Waals surface area contributed by atoms with Gasteiger partial charge in [0.1, 0.15) is 0 Å². The molecule has 0 spiro atoms. The van der Waals surface area contributed by atoms with E-state index < -0.39 is 12.0 Å². The Morgan fingerprint density at radius 1 is 1.45 bits per heavy atom. The molecule has 1 aliphatic carbocycles. The monoisotopic (exact) mass is 293 g/mol. The SMILES string of the molecule is CCC(C(=O)O)n1nnc2sc3c(c2c1=O)CCCC3. The van der Waals surface area contributed by atoms with Gasteiger partial charge in [-0.15, -0.1) is 16.4 Å². The van der Waals surface area contributed by atoms with Gasteiger partial charge in [0, 0.05) is 4.88 Å². The Kier molecular flexibility index (Phi) is 3.29. The van der Waals surface area contributed by atoms with Crippen molar-refractivity contribution in [2.45, 2.75) is 45.1 Å². The lowest BCUT2D eigenvalue weighted by Gasteiger charge is -2.12. The number of nitrogens with zero attached hydrogens (tertiary/aromatic N) is 3. The van der Waals surface area contributed by atoms with Crippen LogP contribution in [0.3, 0.4) is 0 Å². The molecule has 1 N–H and O–H groups in total. The van der Waals surface area contributed by atoms with E-state index >= 15 is 0 Å². The Morgan fingerprint density at radius 3 is 2.90 bits per heavy atom. The average Bonchev–Trinajstić information content (AvgIpc) is 2.81.